The Kier molecular flexibility index (Phi) is 6.22. The monoisotopic (exact) mass is 425 g/mol. The van der Waals surface area contributed by atoms with Crippen molar-refractivity contribution in [2.24, 2.45) is 4.99 Å². The van der Waals surface area contributed by atoms with Crippen molar-refractivity contribution in [2.75, 3.05) is 6.61 Å². The van der Waals surface area contributed by atoms with E-state index in [1.165, 1.54) is 5.56 Å². The van der Waals surface area contributed by atoms with Gasteiger partial charge >= 0.3 is 5.97 Å². The molecule has 1 heterocycles. The molecule has 0 unspecified atom stereocenters. The second kappa shape index (κ2) is 9.23. The van der Waals surface area contributed by atoms with Crippen LogP contribution in [0, 0.1) is 6.92 Å². The van der Waals surface area contributed by atoms with Gasteiger partial charge in [-0.15, -0.1) is 0 Å². The summed E-state index contributed by atoms with van der Waals surface area (Å²) in [5.74, 6) is 0.910. The van der Waals surface area contributed by atoms with Gasteiger partial charge in [0.1, 0.15) is 11.3 Å². The zero-order chi connectivity index (χ0) is 22.7. The van der Waals surface area contributed by atoms with Crippen LogP contribution in [0.3, 0.4) is 0 Å². The molecule has 32 heavy (non-hydrogen) atoms. The minimum Gasteiger partial charge on any atom is -0.462 e. The molecular weight excluding hydrogens is 398 g/mol. The number of benzene rings is 3. The molecular formula is C28H27NO3. The number of hydrogen-bond acceptors (Lipinski definition) is 4. The van der Waals surface area contributed by atoms with E-state index in [4.69, 9.17) is 14.1 Å². The van der Waals surface area contributed by atoms with E-state index in [9.17, 15) is 4.79 Å². The van der Waals surface area contributed by atoms with Gasteiger partial charge in [0, 0.05) is 17.0 Å². The van der Waals surface area contributed by atoms with Crippen LogP contribution >= 0.6 is 0 Å². The first-order chi connectivity index (χ1) is 15.4. The first-order valence-corrected chi connectivity index (χ1v) is 10.9. The summed E-state index contributed by atoms with van der Waals surface area (Å²) in [5, 5.41) is 1.77. The zero-order valence-electron chi connectivity index (χ0n) is 18.9. The van der Waals surface area contributed by atoms with E-state index < -0.39 is 0 Å². The molecule has 0 N–H and O–H groups in total. The highest BCUT2D eigenvalue weighted by molar-refractivity contribution is 5.89. The van der Waals surface area contributed by atoms with Gasteiger partial charge in [-0.3, -0.25) is 0 Å². The molecule has 4 aromatic rings. The van der Waals surface area contributed by atoms with Crippen molar-refractivity contribution in [3.63, 3.8) is 0 Å². The second-order valence-electron chi connectivity index (χ2n) is 8.15. The van der Waals surface area contributed by atoms with Crippen LogP contribution in [0.25, 0.3) is 22.3 Å². The minimum atomic E-state index is -0.328. The lowest BCUT2D eigenvalue weighted by atomic mass is 10.0. The fourth-order valence-corrected chi connectivity index (χ4v) is 3.58. The van der Waals surface area contributed by atoms with Crippen molar-refractivity contribution in [2.45, 2.75) is 33.6 Å². The Morgan fingerprint density at radius 2 is 1.69 bits per heavy atom. The number of esters is 1. The number of rotatable bonds is 5. The van der Waals surface area contributed by atoms with Crippen molar-refractivity contribution in [3.8, 4) is 11.3 Å². The van der Waals surface area contributed by atoms with E-state index in [-0.39, 0.29) is 5.97 Å². The fraction of sp³-hybridized carbons (Fsp3) is 0.214. The Morgan fingerprint density at radius 1 is 0.969 bits per heavy atom. The molecule has 0 amide bonds. The third-order valence-electron chi connectivity index (χ3n) is 5.39. The Hall–Kier alpha value is -3.66. The van der Waals surface area contributed by atoms with Gasteiger partial charge < -0.3 is 9.15 Å². The molecule has 0 bridgehead atoms. The van der Waals surface area contributed by atoms with Crippen molar-refractivity contribution in [3.05, 3.63) is 94.8 Å². The highest BCUT2D eigenvalue weighted by atomic mass is 16.5. The Balaban J connectivity index is 1.82. The Morgan fingerprint density at radius 3 is 2.34 bits per heavy atom. The molecule has 0 fully saturated rings. The van der Waals surface area contributed by atoms with E-state index >= 15 is 0 Å². The molecule has 4 nitrogen and oxygen atoms in total. The van der Waals surface area contributed by atoms with Gasteiger partial charge in [-0.25, -0.2) is 9.79 Å². The van der Waals surface area contributed by atoms with Gasteiger partial charge in [0.2, 0.25) is 0 Å². The van der Waals surface area contributed by atoms with Gasteiger partial charge in [-0.05, 0) is 61.7 Å². The summed E-state index contributed by atoms with van der Waals surface area (Å²) in [5.41, 5.74) is 5.48. The third kappa shape index (κ3) is 4.65. The maximum atomic E-state index is 11.9. The van der Waals surface area contributed by atoms with Crippen LogP contribution in [0.1, 0.15) is 48.2 Å². The molecule has 4 heteroatoms. The quantitative estimate of drug-likeness (QED) is 0.325. The minimum absolute atomic E-state index is 0.328. The van der Waals surface area contributed by atoms with Crippen molar-refractivity contribution in [1.82, 2.24) is 0 Å². The van der Waals surface area contributed by atoms with Gasteiger partial charge in [-0.1, -0.05) is 49.7 Å². The van der Waals surface area contributed by atoms with Crippen LogP contribution < -0.4 is 5.36 Å². The van der Waals surface area contributed by atoms with Crippen molar-refractivity contribution >= 4 is 22.6 Å². The van der Waals surface area contributed by atoms with Crippen molar-refractivity contribution in [1.29, 1.82) is 0 Å². The van der Waals surface area contributed by atoms with Crippen LogP contribution in [0.15, 0.2) is 82.2 Å². The molecule has 1 aromatic heterocycles. The molecule has 162 valence electrons. The smallest absolute Gasteiger partial charge is 0.338 e. The van der Waals surface area contributed by atoms with Crippen molar-refractivity contribution < 1.29 is 13.9 Å². The molecule has 0 aliphatic heterocycles. The lowest BCUT2D eigenvalue weighted by Crippen LogP contribution is -2.05. The number of carbonyl (C=O) groups excluding carboxylic acids is 1. The third-order valence-corrected chi connectivity index (χ3v) is 5.39. The van der Waals surface area contributed by atoms with E-state index in [0.717, 1.165) is 38.9 Å². The summed E-state index contributed by atoms with van der Waals surface area (Å²) in [6.07, 6.45) is 0. The topological polar surface area (TPSA) is 51.8 Å². The number of aryl methyl sites for hydroxylation is 1. The second-order valence-corrected chi connectivity index (χ2v) is 8.15. The van der Waals surface area contributed by atoms with Crippen LogP contribution in [-0.2, 0) is 4.74 Å². The predicted molar refractivity (Wildman–Crippen MR) is 128 cm³/mol. The first-order valence-electron chi connectivity index (χ1n) is 10.9. The van der Waals surface area contributed by atoms with Gasteiger partial charge in [-0.2, -0.15) is 0 Å². The Bertz CT molecular complexity index is 1310. The molecule has 0 atom stereocenters. The number of fused-ring (bicyclic) bond motifs is 1. The van der Waals surface area contributed by atoms with Gasteiger partial charge in [0.15, 0.2) is 0 Å². The standard InChI is InChI=1S/C28H27NO3/c1-5-31-28(30)22-11-13-23(14-12-22)29-25-17-27(21-9-7-20(8-10-21)18(2)3)32-26-15-6-19(4)16-24(25)26/h6-18H,5H2,1-4H3. The van der Waals surface area contributed by atoms with E-state index in [1.54, 1.807) is 19.1 Å². The van der Waals surface area contributed by atoms with Gasteiger partial charge in [0.05, 0.1) is 23.2 Å². The van der Waals surface area contributed by atoms with E-state index in [1.807, 2.05) is 30.3 Å². The largest absolute Gasteiger partial charge is 0.462 e. The van der Waals surface area contributed by atoms with E-state index in [0.29, 0.717) is 18.1 Å². The number of nitrogens with zero attached hydrogens (tertiary/aromatic N) is 1. The predicted octanol–water partition coefficient (Wildman–Crippen LogP) is 6.94. The van der Waals surface area contributed by atoms with Crippen LogP contribution in [0.2, 0.25) is 0 Å². The molecule has 0 spiro atoms. The van der Waals surface area contributed by atoms with Gasteiger partial charge in [0.25, 0.3) is 0 Å². The maximum absolute atomic E-state index is 11.9. The number of ether oxygens (including phenoxy) is 1. The molecule has 0 saturated heterocycles. The summed E-state index contributed by atoms with van der Waals surface area (Å²) < 4.78 is 11.3. The average Bonchev–Trinajstić information content (AvgIpc) is 2.80. The molecule has 0 radical (unpaired) electrons. The highest BCUT2D eigenvalue weighted by Gasteiger charge is 2.09. The molecule has 0 aliphatic rings. The summed E-state index contributed by atoms with van der Waals surface area (Å²) >= 11 is 0. The summed E-state index contributed by atoms with van der Waals surface area (Å²) in [7, 11) is 0. The number of carbonyl (C=O) groups is 1. The maximum Gasteiger partial charge on any atom is 0.338 e. The summed E-state index contributed by atoms with van der Waals surface area (Å²) in [6.45, 7) is 8.56. The highest BCUT2D eigenvalue weighted by Crippen LogP contribution is 2.25. The summed E-state index contributed by atoms with van der Waals surface area (Å²) in [6, 6.07) is 23.7. The van der Waals surface area contributed by atoms with E-state index in [2.05, 4.69) is 51.1 Å². The Labute approximate surface area is 188 Å². The molecule has 3 aromatic carbocycles. The lowest BCUT2D eigenvalue weighted by Gasteiger charge is -2.08. The normalized spacial score (nSPS) is 11.8. The fourth-order valence-electron chi connectivity index (χ4n) is 3.58. The SMILES string of the molecule is CCOC(=O)c1ccc(N=c2cc(-c3ccc(C(C)C)cc3)oc3ccc(C)cc23)cc1. The van der Waals surface area contributed by atoms with Crippen LogP contribution in [-0.4, -0.2) is 12.6 Å². The number of hydrogen-bond donors (Lipinski definition) is 0. The zero-order valence-corrected chi connectivity index (χ0v) is 18.9. The lowest BCUT2D eigenvalue weighted by molar-refractivity contribution is 0.0526. The average molecular weight is 426 g/mol. The molecule has 0 aliphatic carbocycles. The first kappa shape index (κ1) is 21.6. The molecule has 4 rings (SSSR count). The summed E-state index contributed by atoms with van der Waals surface area (Å²) in [4.78, 5) is 16.8. The molecule has 0 saturated carbocycles. The van der Waals surface area contributed by atoms with Crippen LogP contribution in [0.4, 0.5) is 5.69 Å². The van der Waals surface area contributed by atoms with Crippen LogP contribution in [0.5, 0.6) is 0 Å².